The van der Waals surface area contributed by atoms with Gasteiger partial charge in [0.05, 0.1) is 0 Å². The van der Waals surface area contributed by atoms with E-state index in [1.807, 2.05) is 0 Å². The van der Waals surface area contributed by atoms with E-state index < -0.39 is 7.82 Å². The molecule has 0 aliphatic heterocycles. The van der Waals surface area contributed by atoms with Gasteiger partial charge in [-0.2, -0.15) is 7.82 Å². The molecule has 0 aliphatic carbocycles. The van der Waals surface area contributed by atoms with Crippen molar-refractivity contribution < 1.29 is 91.7 Å². The summed E-state index contributed by atoms with van der Waals surface area (Å²) in [6.07, 6.45) is 0. The number of hydrogen-bond acceptors (Lipinski definition) is 4. The molecular formula is Fe2LiO4PZn. The fourth-order valence-corrected chi connectivity index (χ4v) is 0. The summed E-state index contributed by atoms with van der Waals surface area (Å²) in [4.78, 5) is 25.6. The molecule has 0 aromatic rings. The predicted octanol–water partition coefficient (Wildman–Crippen LogP) is -5.83. The van der Waals surface area contributed by atoms with Crippen LogP contribution >= 0.6 is 7.82 Å². The number of rotatable bonds is 0. The largest absolute Gasteiger partial charge is 2.00 e. The molecule has 48 valence electrons. The second kappa shape index (κ2) is 13.0. The van der Waals surface area contributed by atoms with Gasteiger partial charge in [0.1, 0.15) is 0 Å². The molecule has 0 bridgehead atoms. The Balaban J connectivity index is -0.0000000133. The van der Waals surface area contributed by atoms with Crippen molar-refractivity contribution in [1.29, 1.82) is 0 Å². The minimum Gasteiger partial charge on any atom is -0.822 e. The smallest absolute Gasteiger partial charge is 0.822 e. The summed E-state index contributed by atoms with van der Waals surface area (Å²) in [5, 5.41) is 0. The van der Waals surface area contributed by atoms with Crippen LogP contribution in [0.3, 0.4) is 0 Å². The van der Waals surface area contributed by atoms with E-state index in [1.165, 1.54) is 0 Å². The summed E-state index contributed by atoms with van der Waals surface area (Å²) in [5.74, 6) is 0. The van der Waals surface area contributed by atoms with Gasteiger partial charge in [-0.1, -0.05) is 0 Å². The molecule has 4 nitrogen and oxygen atoms in total. The monoisotopic (exact) mass is 278 g/mol. The standard InChI is InChI=1S/2Fe.Li.H3O4P.Zn/c;;;1-5(2,3)4;/h;;;(H3,1,2,3,4);/q;;+1;;+2/p-3. The van der Waals surface area contributed by atoms with Crippen LogP contribution in [0.1, 0.15) is 0 Å². The summed E-state index contributed by atoms with van der Waals surface area (Å²) in [6, 6.07) is 0. The van der Waals surface area contributed by atoms with Gasteiger partial charge in [0.15, 0.2) is 0 Å². The Morgan fingerprint density at radius 1 is 1.00 bits per heavy atom. The summed E-state index contributed by atoms with van der Waals surface area (Å²) in [6.45, 7) is 0. The molecular weight excluding hydrogens is 279 g/mol. The van der Waals surface area contributed by atoms with Crippen molar-refractivity contribution in [2.45, 2.75) is 0 Å². The van der Waals surface area contributed by atoms with E-state index in [9.17, 15) is 0 Å². The molecule has 0 rings (SSSR count). The molecule has 0 N–H and O–H groups in total. The maximum atomic E-state index is 8.55. The first-order valence-electron chi connectivity index (χ1n) is 0.730. The molecule has 0 spiro atoms. The zero-order valence-corrected chi connectivity index (χ0v) is 10.6. The van der Waals surface area contributed by atoms with Gasteiger partial charge in [0.25, 0.3) is 0 Å². The topological polar surface area (TPSA) is 86.2 Å². The Labute approximate surface area is 98.7 Å². The molecule has 0 amide bonds. The Hall–Kier alpha value is 2.37. The molecule has 0 heterocycles. The molecule has 0 fully saturated rings. The van der Waals surface area contributed by atoms with Crippen LogP contribution in [0.4, 0.5) is 0 Å². The van der Waals surface area contributed by atoms with E-state index in [1.54, 1.807) is 0 Å². The van der Waals surface area contributed by atoms with Gasteiger partial charge in [-0.25, -0.2) is 0 Å². The van der Waals surface area contributed by atoms with E-state index >= 15 is 0 Å². The Bertz CT molecular complexity index is 64.7. The summed E-state index contributed by atoms with van der Waals surface area (Å²) < 4.78 is 8.55. The van der Waals surface area contributed by atoms with Gasteiger partial charge >= 0.3 is 38.3 Å². The first-order valence-corrected chi connectivity index (χ1v) is 2.19. The molecule has 9 heavy (non-hydrogen) atoms. The van der Waals surface area contributed by atoms with Crippen molar-refractivity contribution >= 4 is 7.82 Å². The van der Waals surface area contributed by atoms with Crippen molar-refractivity contribution in [3.8, 4) is 0 Å². The molecule has 0 saturated heterocycles. The fraction of sp³-hybridized carbons (Fsp3) is 0. The van der Waals surface area contributed by atoms with Crippen LogP contribution in [0.2, 0.25) is 0 Å². The van der Waals surface area contributed by atoms with Crippen LogP contribution in [0, 0.1) is 0 Å². The minimum atomic E-state index is -5.39. The second-order valence-electron chi connectivity index (χ2n) is 0.447. The van der Waals surface area contributed by atoms with Crippen LogP contribution in [0.5, 0.6) is 0 Å². The van der Waals surface area contributed by atoms with Crippen molar-refractivity contribution in [2.75, 3.05) is 0 Å². The van der Waals surface area contributed by atoms with E-state index in [0.717, 1.165) is 0 Å². The van der Waals surface area contributed by atoms with Crippen molar-refractivity contribution in [3.63, 3.8) is 0 Å². The van der Waals surface area contributed by atoms with Gasteiger partial charge in [-0.05, 0) is 0 Å². The van der Waals surface area contributed by atoms with E-state index in [0.29, 0.717) is 0 Å². The van der Waals surface area contributed by atoms with E-state index in [-0.39, 0.29) is 72.5 Å². The zero-order valence-electron chi connectivity index (χ0n) is 4.49. The first kappa shape index (κ1) is 30.1. The van der Waals surface area contributed by atoms with E-state index in [2.05, 4.69) is 0 Å². The molecule has 0 aromatic heterocycles. The van der Waals surface area contributed by atoms with Crippen LogP contribution in [-0.4, -0.2) is 0 Å². The number of hydrogen-bond donors (Lipinski definition) is 0. The third-order valence-electron chi connectivity index (χ3n) is 0. The average Bonchev–Trinajstić information content (AvgIpc) is 0.722. The first-order chi connectivity index (χ1) is 2.00. The zero-order chi connectivity index (χ0) is 4.50. The quantitative estimate of drug-likeness (QED) is 0.326. The molecule has 0 unspecified atom stereocenters. The third-order valence-corrected chi connectivity index (χ3v) is 0. The fourth-order valence-electron chi connectivity index (χ4n) is 0. The Kier molecular flexibility index (Phi) is 43.5. The van der Waals surface area contributed by atoms with Gasteiger partial charge in [-0.15, -0.1) is 0 Å². The molecule has 9 heteroatoms. The average molecular weight is 279 g/mol. The van der Waals surface area contributed by atoms with Gasteiger partial charge in [-0.3, -0.25) is 0 Å². The van der Waals surface area contributed by atoms with Crippen LogP contribution in [0.15, 0.2) is 0 Å². The van der Waals surface area contributed by atoms with Crippen LogP contribution in [0.25, 0.3) is 0 Å². The third kappa shape index (κ3) is 129. The summed E-state index contributed by atoms with van der Waals surface area (Å²) in [5.41, 5.74) is 0. The minimum absolute atomic E-state index is 0. The van der Waals surface area contributed by atoms with Gasteiger partial charge < -0.3 is 19.2 Å². The molecule has 0 aliphatic rings. The van der Waals surface area contributed by atoms with Crippen LogP contribution < -0.4 is 33.5 Å². The Morgan fingerprint density at radius 2 is 1.00 bits per heavy atom. The molecule has 0 saturated carbocycles. The van der Waals surface area contributed by atoms with Crippen molar-refractivity contribution in [2.24, 2.45) is 0 Å². The molecule has 0 aromatic carbocycles. The van der Waals surface area contributed by atoms with Gasteiger partial charge in [0.2, 0.25) is 0 Å². The molecule has 0 atom stereocenters. The summed E-state index contributed by atoms with van der Waals surface area (Å²) >= 11 is 0. The summed E-state index contributed by atoms with van der Waals surface area (Å²) in [7, 11) is -5.39. The van der Waals surface area contributed by atoms with Crippen molar-refractivity contribution in [3.05, 3.63) is 0 Å². The number of phosphoric acid groups is 1. The maximum absolute atomic E-state index is 8.55. The normalized spacial score (nSPS) is 6.56. The molecule has 0 radical (unpaired) electrons. The Morgan fingerprint density at radius 3 is 1.00 bits per heavy atom. The SMILES string of the molecule is O=P([O-])([O-])[O-].[Fe].[Fe].[Li+].[Zn+2]. The van der Waals surface area contributed by atoms with Crippen LogP contribution in [-0.2, 0) is 58.2 Å². The maximum Gasteiger partial charge on any atom is 2.00 e. The van der Waals surface area contributed by atoms with E-state index in [4.69, 9.17) is 19.2 Å². The predicted molar refractivity (Wildman–Crippen MR) is 7.61 cm³/mol. The van der Waals surface area contributed by atoms with Crippen molar-refractivity contribution in [1.82, 2.24) is 0 Å². The van der Waals surface area contributed by atoms with Gasteiger partial charge in [0, 0.05) is 34.1 Å². The second-order valence-corrected chi connectivity index (χ2v) is 1.34.